The second-order valence-corrected chi connectivity index (χ2v) is 3.11. The molecule has 0 N–H and O–H groups in total. The van der Waals surface area contributed by atoms with Gasteiger partial charge < -0.3 is 12.6 Å². The van der Waals surface area contributed by atoms with Gasteiger partial charge in [0.25, 0.3) is 5.24 Å². The Morgan fingerprint density at radius 2 is 2.00 bits per heavy atom. The van der Waals surface area contributed by atoms with Crippen LogP contribution < -0.4 is 51.4 Å². The molecule has 0 aliphatic rings. The van der Waals surface area contributed by atoms with Crippen LogP contribution in [-0.2, 0) is 12.6 Å². The van der Waals surface area contributed by atoms with Gasteiger partial charge in [0.15, 0.2) is 0 Å². The Kier molecular flexibility index (Phi) is 6.59. The summed E-state index contributed by atoms with van der Waals surface area (Å²) >= 11 is 15.6. The number of rotatable bonds is 1. The van der Waals surface area contributed by atoms with E-state index in [-0.39, 0.29) is 51.4 Å². The summed E-state index contributed by atoms with van der Waals surface area (Å²) in [6, 6.07) is 4.57. The summed E-state index contributed by atoms with van der Waals surface area (Å²) in [5.74, 6) is 0. The van der Waals surface area contributed by atoms with Crippen LogP contribution in [0.5, 0.6) is 0 Å². The standard InChI is InChI=1S/C7H4Cl2OS.K/c8-5-2-1-4(7(9)10)3-6(5)11;/h1-3,11H;/q;+1/p-1. The third-order valence-corrected chi connectivity index (χ3v) is 2.16. The van der Waals surface area contributed by atoms with Crippen molar-refractivity contribution in [1.82, 2.24) is 0 Å². The molecule has 1 rings (SSSR count). The molecule has 0 spiro atoms. The maximum atomic E-state index is 10.6. The molecule has 0 saturated carbocycles. The predicted molar refractivity (Wildman–Crippen MR) is 47.3 cm³/mol. The molecule has 0 bridgehead atoms. The van der Waals surface area contributed by atoms with Crippen LogP contribution in [0.3, 0.4) is 0 Å². The van der Waals surface area contributed by atoms with E-state index in [4.69, 9.17) is 35.8 Å². The molecular weight excluding hydrogens is 242 g/mol. The molecule has 1 aromatic rings. The first-order valence-electron chi connectivity index (χ1n) is 2.77. The monoisotopic (exact) mass is 244 g/mol. The van der Waals surface area contributed by atoms with Gasteiger partial charge in [0.2, 0.25) is 0 Å². The third kappa shape index (κ3) is 3.60. The van der Waals surface area contributed by atoms with Crippen molar-refractivity contribution in [2.75, 3.05) is 0 Å². The zero-order valence-corrected chi connectivity index (χ0v) is 11.8. The average molecular weight is 245 g/mol. The molecule has 1 nitrogen and oxygen atoms in total. The van der Waals surface area contributed by atoms with Crippen LogP contribution in [0.25, 0.3) is 0 Å². The van der Waals surface area contributed by atoms with E-state index in [1.165, 1.54) is 12.1 Å². The fourth-order valence-corrected chi connectivity index (χ4v) is 1.06. The number of hydrogen-bond acceptors (Lipinski definition) is 2. The third-order valence-electron chi connectivity index (χ3n) is 1.16. The van der Waals surface area contributed by atoms with Gasteiger partial charge in [0, 0.05) is 10.6 Å². The molecule has 0 aliphatic carbocycles. The zero-order chi connectivity index (χ0) is 8.43. The van der Waals surface area contributed by atoms with Gasteiger partial charge in [-0.3, -0.25) is 4.79 Å². The van der Waals surface area contributed by atoms with Crippen molar-refractivity contribution < 1.29 is 56.2 Å². The summed E-state index contributed by atoms with van der Waals surface area (Å²) < 4.78 is 0. The number of hydrogen-bond donors (Lipinski definition) is 0. The molecule has 0 amide bonds. The van der Waals surface area contributed by atoms with Crippen LogP contribution >= 0.6 is 23.2 Å². The van der Waals surface area contributed by atoms with E-state index >= 15 is 0 Å². The summed E-state index contributed by atoms with van der Waals surface area (Å²) in [6.45, 7) is 0. The van der Waals surface area contributed by atoms with Crippen molar-refractivity contribution in [1.29, 1.82) is 0 Å². The van der Waals surface area contributed by atoms with Gasteiger partial charge in [-0.25, -0.2) is 0 Å². The molecule has 12 heavy (non-hydrogen) atoms. The van der Waals surface area contributed by atoms with Crippen molar-refractivity contribution in [2.45, 2.75) is 4.90 Å². The molecule has 1 aromatic carbocycles. The molecule has 0 heterocycles. The number of benzene rings is 1. The van der Waals surface area contributed by atoms with Crippen LogP contribution in [-0.4, -0.2) is 5.24 Å². The summed E-state index contributed by atoms with van der Waals surface area (Å²) in [5, 5.41) is -0.0607. The Morgan fingerprint density at radius 3 is 2.42 bits per heavy atom. The van der Waals surface area contributed by atoms with Crippen molar-refractivity contribution in [2.24, 2.45) is 0 Å². The van der Waals surface area contributed by atoms with E-state index in [9.17, 15) is 4.79 Å². The first-order chi connectivity index (χ1) is 5.11. The molecule has 5 heteroatoms. The van der Waals surface area contributed by atoms with Crippen molar-refractivity contribution in [3.05, 3.63) is 28.8 Å². The Hall–Kier alpha value is 1.33. The van der Waals surface area contributed by atoms with Crippen molar-refractivity contribution >= 4 is 41.1 Å². The maximum Gasteiger partial charge on any atom is 1.00 e. The Balaban J connectivity index is 0.00000121. The van der Waals surface area contributed by atoms with Crippen molar-refractivity contribution in [3.63, 3.8) is 0 Å². The smallest absolute Gasteiger partial charge is 0.778 e. The normalized spacial score (nSPS) is 8.83. The van der Waals surface area contributed by atoms with Crippen LogP contribution in [0, 0.1) is 0 Å². The molecule has 0 atom stereocenters. The van der Waals surface area contributed by atoms with Gasteiger partial charge >= 0.3 is 51.4 Å². The quantitative estimate of drug-likeness (QED) is 0.381. The summed E-state index contributed by atoms with van der Waals surface area (Å²) in [6.07, 6.45) is 0. The number of halogens is 2. The van der Waals surface area contributed by atoms with Crippen LogP contribution in [0.2, 0.25) is 5.02 Å². The van der Waals surface area contributed by atoms with Gasteiger partial charge in [-0.2, -0.15) is 4.90 Å². The van der Waals surface area contributed by atoms with Crippen molar-refractivity contribution in [3.8, 4) is 0 Å². The Labute approximate surface area is 129 Å². The zero-order valence-electron chi connectivity index (χ0n) is 6.30. The summed E-state index contributed by atoms with van der Waals surface area (Å²) in [7, 11) is 0. The number of carbonyl (C=O) groups excluding carboxylic acids is 1. The second-order valence-electron chi connectivity index (χ2n) is 1.92. The van der Waals surface area contributed by atoms with Crippen LogP contribution in [0.4, 0.5) is 0 Å². The van der Waals surface area contributed by atoms with E-state index in [1.807, 2.05) is 0 Å². The minimum atomic E-state index is -0.521. The first-order valence-corrected chi connectivity index (χ1v) is 3.94. The first kappa shape index (κ1) is 13.3. The molecule has 0 fully saturated rings. The van der Waals surface area contributed by atoms with E-state index < -0.39 is 5.24 Å². The van der Waals surface area contributed by atoms with E-state index in [2.05, 4.69) is 0 Å². The second kappa shape index (κ2) is 5.93. The fourth-order valence-electron chi connectivity index (χ4n) is 0.626. The van der Waals surface area contributed by atoms with Gasteiger partial charge in [-0.15, -0.1) is 0 Å². The average Bonchev–Trinajstić information content (AvgIpc) is 1.94. The summed E-state index contributed by atoms with van der Waals surface area (Å²) in [4.78, 5) is 11.0. The Morgan fingerprint density at radius 1 is 1.42 bits per heavy atom. The topological polar surface area (TPSA) is 17.1 Å². The SMILES string of the molecule is O=C(Cl)c1ccc(Cl)c([S-])c1.[K+]. The molecule has 58 valence electrons. The van der Waals surface area contributed by atoms with E-state index in [1.54, 1.807) is 6.07 Å². The minimum Gasteiger partial charge on any atom is -0.778 e. The fraction of sp³-hybridized carbons (Fsp3) is 0. The maximum absolute atomic E-state index is 10.6. The van der Waals surface area contributed by atoms with Gasteiger partial charge in [0.1, 0.15) is 0 Å². The van der Waals surface area contributed by atoms with E-state index in [0.717, 1.165) is 0 Å². The van der Waals surface area contributed by atoms with E-state index in [0.29, 0.717) is 15.5 Å². The van der Waals surface area contributed by atoms with Crippen LogP contribution in [0.1, 0.15) is 10.4 Å². The molecule has 0 aliphatic heterocycles. The summed E-state index contributed by atoms with van der Waals surface area (Å²) in [5.41, 5.74) is 0.376. The molecule has 0 aromatic heterocycles. The molecule has 0 saturated heterocycles. The van der Waals surface area contributed by atoms with Gasteiger partial charge in [-0.05, 0) is 23.7 Å². The molecule has 0 unspecified atom stereocenters. The Bertz CT molecular complexity index is 303. The largest absolute Gasteiger partial charge is 1.00 e. The number of carbonyl (C=O) groups is 1. The van der Waals surface area contributed by atoms with Crippen LogP contribution in [0.15, 0.2) is 23.1 Å². The predicted octanol–water partition coefficient (Wildman–Crippen LogP) is -0.371. The molecular formula is C7H3Cl2KOS. The molecule has 0 radical (unpaired) electrons. The minimum absolute atomic E-state index is 0. The van der Waals surface area contributed by atoms with Gasteiger partial charge in [-0.1, -0.05) is 17.7 Å². The van der Waals surface area contributed by atoms with Gasteiger partial charge in [0.05, 0.1) is 0 Å².